The summed E-state index contributed by atoms with van der Waals surface area (Å²) in [6.45, 7) is 12.0. The second-order valence-corrected chi connectivity index (χ2v) is 10.9. The number of aromatic nitrogens is 3. The van der Waals surface area contributed by atoms with E-state index < -0.39 is 0 Å². The van der Waals surface area contributed by atoms with Gasteiger partial charge in [0.2, 0.25) is 0 Å². The molecule has 5 nitrogen and oxygen atoms in total. The van der Waals surface area contributed by atoms with Crippen molar-refractivity contribution in [1.82, 2.24) is 14.8 Å². The van der Waals surface area contributed by atoms with Gasteiger partial charge in [0.1, 0.15) is 29.8 Å². The van der Waals surface area contributed by atoms with Crippen LogP contribution in [0.1, 0.15) is 96.6 Å². The van der Waals surface area contributed by atoms with E-state index in [-0.39, 0.29) is 16.9 Å². The lowest BCUT2D eigenvalue weighted by molar-refractivity contribution is 0.00704. The van der Waals surface area contributed by atoms with E-state index in [9.17, 15) is 5.11 Å². The Labute approximate surface area is 192 Å². The van der Waals surface area contributed by atoms with Gasteiger partial charge in [-0.25, -0.2) is 9.67 Å². The van der Waals surface area contributed by atoms with Crippen molar-refractivity contribution >= 4 is 0 Å². The maximum Gasteiger partial charge on any atom is 0.137 e. The van der Waals surface area contributed by atoms with Crippen molar-refractivity contribution < 1.29 is 9.84 Å². The van der Waals surface area contributed by atoms with Gasteiger partial charge in [0.15, 0.2) is 0 Å². The summed E-state index contributed by atoms with van der Waals surface area (Å²) in [4.78, 5) is 4.07. The summed E-state index contributed by atoms with van der Waals surface area (Å²) in [5.74, 6) is 1.86. The Morgan fingerprint density at radius 3 is 2.75 bits per heavy atom. The lowest BCUT2D eigenvalue weighted by atomic mass is 9.66. The fourth-order valence-electron chi connectivity index (χ4n) is 5.65. The van der Waals surface area contributed by atoms with Crippen molar-refractivity contribution in [2.24, 2.45) is 5.92 Å². The van der Waals surface area contributed by atoms with Gasteiger partial charge < -0.3 is 9.84 Å². The Balaban J connectivity index is 1.62. The van der Waals surface area contributed by atoms with Gasteiger partial charge in [-0.05, 0) is 56.2 Å². The van der Waals surface area contributed by atoms with Crippen LogP contribution in [0.5, 0.6) is 11.5 Å². The Bertz CT molecular complexity index is 960. The topological polar surface area (TPSA) is 60.2 Å². The summed E-state index contributed by atoms with van der Waals surface area (Å²) < 4.78 is 8.45. The van der Waals surface area contributed by atoms with Gasteiger partial charge in [-0.3, -0.25) is 0 Å². The first-order valence-corrected chi connectivity index (χ1v) is 12.3. The van der Waals surface area contributed by atoms with Crippen LogP contribution in [0.25, 0.3) is 0 Å². The van der Waals surface area contributed by atoms with E-state index in [1.54, 1.807) is 12.7 Å². The molecule has 0 saturated heterocycles. The molecule has 2 aliphatic rings. The average Bonchev–Trinajstić information content (AvgIpc) is 3.23. The molecular weight excluding hydrogens is 398 g/mol. The number of fused-ring (bicyclic) bond motifs is 3. The monoisotopic (exact) mass is 437 g/mol. The van der Waals surface area contributed by atoms with Gasteiger partial charge >= 0.3 is 0 Å². The zero-order valence-corrected chi connectivity index (χ0v) is 20.4. The van der Waals surface area contributed by atoms with Crippen LogP contribution in [0.4, 0.5) is 0 Å². The van der Waals surface area contributed by atoms with Crippen molar-refractivity contribution in [3.8, 4) is 11.5 Å². The minimum atomic E-state index is -0.275. The third-order valence-corrected chi connectivity index (χ3v) is 7.65. The first-order chi connectivity index (χ1) is 15.2. The lowest BCUT2D eigenvalue weighted by Crippen LogP contribution is -2.45. The van der Waals surface area contributed by atoms with Crippen molar-refractivity contribution in [1.29, 1.82) is 0 Å². The van der Waals surface area contributed by atoms with E-state index in [2.05, 4.69) is 56.8 Å². The Morgan fingerprint density at radius 1 is 1.22 bits per heavy atom. The zero-order valence-electron chi connectivity index (χ0n) is 20.4. The van der Waals surface area contributed by atoms with Crippen LogP contribution in [0.2, 0.25) is 0 Å². The largest absolute Gasteiger partial charge is 0.508 e. The molecule has 1 aromatic heterocycles. The summed E-state index contributed by atoms with van der Waals surface area (Å²) in [6, 6.07) is 4.22. The van der Waals surface area contributed by atoms with E-state index >= 15 is 0 Å². The fourth-order valence-corrected chi connectivity index (χ4v) is 5.65. The van der Waals surface area contributed by atoms with Crippen LogP contribution in [-0.2, 0) is 12.0 Å². The molecule has 0 radical (unpaired) electrons. The number of hydrogen-bond acceptors (Lipinski definition) is 4. The zero-order chi connectivity index (χ0) is 22.9. The molecule has 0 amide bonds. The molecular formula is C27H39N3O2. The number of phenolic OH excluding ortho intramolecular Hbond substituents is 1. The highest BCUT2D eigenvalue weighted by molar-refractivity contribution is 5.54. The molecule has 1 aliphatic carbocycles. The maximum absolute atomic E-state index is 11.2. The highest BCUT2D eigenvalue weighted by Gasteiger charge is 2.46. The molecule has 1 N–H and O–H groups in total. The van der Waals surface area contributed by atoms with Crippen LogP contribution < -0.4 is 4.74 Å². The van der Waals surface area contributed by atoms with Crippen LogP contribution in [0.3, 0.4) is 0 Å². The van der Waals surface area contributed by atoms with Crippen LogP contribution in [-0.4, -0.2) is 25.5 Å². The van der Waals surface area contributed by atoms with Gasteiger partial charge in [-0.2, -0.15) is 5.10 Å². The Hall–Kier alpha value is -2.30. The summed E-state index contributed by atoms with van der Waals surface area (Å²) in [6.07, 6.45) is 13.7. The Kier molecular flexibility index (Phi) is 6.37. The van der Waals surface area contributed by atoms with Crippen LogP contribution >= 0.6 is 0 Å². The molecule has 0 saturated carbocycles. The molecule has 1 aliphatic heterocycles. The summed E-state index contributed by atoms with van der Waals surface area (Å²) in [5, 5.41) is 15.5. The van der Waals surface area contributed by atoms with E-state index in [0.29, 0.717) is 11.7 Å². The predicted molar refractivity (Wildman–Crippen MR) is 128 cm³/mol. The first-order valence-electron chi connectivity index (χ1n) is 12.3. The molecule has 2 heterocycles. The Morgan fingerprint density at radius 2 is 2.03 bits per heavy atom. The van der Waals surface area contributed by atoms with Crippen molar-refractivity contribution in [3.63, 3.8) is 0 Å². The minimum absolute atomic E-state index is 0.00925. The summed E-state index contributed by atoms with van der Waals surface area (Å²) >= 11 is 0. The number of aromatic hydroxyl groups is 1. The van der Waals surface area contributed by atoms with Gasteiger partial charge in [0, 0.05) is 17.4 Å². The number of benzene rings is 1. The first kappa shape index (κ1) is 22.9. The highest BCUT2D eigenvalue weighted by atomic mass is 16.5. The standard InChI is InChI=1S/C27H39N3O2/c1-6-7-8-9-12-26(2,3)20-14-23(31)25-21-13-19(16-30-18-28-17-29-30)10-11-22(21)27(4,5)32-24(25)15-20/h10,14-15,17-18,21-22,31H,6-9,11-13,16H2,1-5H3/t21?,22-/m0/s1. The molecule has 5 heteroatoms. The highest BCUT2D eigenvalue weighted by Crippen LogP contribution is 2.55. The smallest absolute Gasteiger partial charge is 0.137 e. The van der Waals surface area contributed by atoms with Crippen molar-refractivity contribution in [2.75, 3.05) is 0 Å². The quantitative estimate of drug-likeness (QED) is 0.377. The predicted octanol–water partition coefficient (Wildman–Crippen LogP) is 6.52. The van der Waals surface area contributed by atoms with E-state index in [4.69, 9.17) is 4.74 Å². The van der Waals surface area contributed by atoms with E-state index in [1.807, 2.05) is 10.7 Å². The third kappa shape index (κ3) is 4.57. The average molecular weight is 438 g/mol. The minimum Gasteiger partial charge on any atom is -0.508 e. The second kappa shape index (κ2) is 8.92. The van der Waals surface area contributed by atoms with Crippen molar-refractivity contribution in [3.05, 3.63) is 47.6 Å². The summed E-state index contributed by atoms with van der Waals surface area (Å²) in [5.41, 5.74) is 3.25. The number of nitrogens with zero attached hydrogens (tertiary/aromatic N) is 3. The molecule has 0 bridgehead atoms. The van der Waals surface area contributed by atoms with Crippen LogP contribution in [0, 0.1) is 5.92 Å². The molecule has 32 heavy (non-hydrogen) atoms. The van der Waals surface area contributed by atoms with Gasteiger partial charge in [-0.1, -0.05) is 58.1 Å². The molecule has 2 atom stereocenters. The molecule has 2 aromatic rings. The van der Waals surface area contributed by atoms with Gasteiger partial charge in [0.25, 0.3) is 0 Å². The SMILES string of the molecule is CCCCCCC(C)(C)c1cc(O)c2c(c1)OC(C)(C)[C@H]1CC=C(Cn3cncn3)CC21. The normalized spacial score (nSPS) is 22.0. The fraction of sp³-hybridized carbons (Fsp3) is 0.630. The molecule has 0 fully saturated rings. The molecule has 4 rings (SSSR count). The maximum atomic E-state index is 11.2. The van der Waals surface area contributed by atoms with Gasteiger partial charge in [-0.15, -0.1) is 0 Å². The number of unbranched alkanes of at least 4 members (excludes halogenated alkanes) is 3. The van der Waals surface area contributed by atoms with Crippen LogP contribution in [0.15, 0.2) is 36.4 Å². The summed E-state index contributed by atoms with van der Waals surface area (Å²) in [7, 11) is 0. The third-order valence-electron chi connectivity index (χ3n) is 7.65. The number of ether oxygens (including phenoxy) is 1. The molecule has 0 spiro atoms. The number of rotatable bonds is 8. The van der Waals surface area contributed by atoms with Gasteiger partial charge in [0.05, 0.1) is 6.54 Å². The number of hydrogen-bond donors (Lipinski definition) is 1. The number of phenols is 1. The second-order valence-electron chi connectivity index (χ2n) is 10.9. The van der Waals surface area contributed by atoms with Crippen molar-refractivity contribution in [2.45, 2.75) is 103 Å². The molecule has 1 aromatic carbocycles. The van der Waals surface area contributed by atoms with E-state index in [0.717, 1.165) is 37.1 Å². The van der Waals surface area contributed by atoms with E-state index in [1.165, 1.54) is 36.8 Å². The molecule has 174 valence electrons. The number of allylic oxidation sites excluding steroid dienone is 2. The molecule has 1 unspecified atom stereocenters. The lowest BCUT2D eigenvalue weighted by Gasteiger charge is -2.47.